The molecule has 164 valence electrons. The maximum Gasteiger partial charge on any atom is 0.119 e. The molecule has 0 amide bonds. The minimum atomic E-state index is 0.0446. The molecule has 0 unspecified atom stereocenters. The lowest BCUT2D eigenvalue weighted by molar-refractivity contribution is 0.142. The summed E-state index contributed by atoms with van der Waals surface area (Å²) >= 11 is 0. The summed E-state index contributed by atoms with van der Waals surface area (Å²) in [6.45, 7) is 5.99. The van der Waals surface area contributed by atoms with E-state index in [2.05, 4.69) is 53.2 Å². The summed E-state index contributed by atoms with van der Waals surface area (Å²) in [5, 5.41) is 8.85. The fourth-order valence-corrected chi connectivity index (χ4v) is 4.25. The van der Waals surface area contributed by atoms with E-state index in [1.807, 2.05) is 12.1 Å². The van der Waals surface area contributed by atoms with Crippen molar-refractivity contribution in [1.82, 2.24) is 9.80 Å². The Bertz CT molecular complexity index is 733. The van der Waals surface area contributed by atoms with Crippen LogP contribution in [0.4, 0.5) is 0 Å². The molecule has 0 saturated carbocycles. The molecule has 1 aliphatic rings. The van der Waals surface area contributed by atoms with Crippen molar-refractivity contribution < 1.29 is 14.6 Å². The number of hydrogen-bond donors (Lipinski definition) is 1. The number of aliphatic hydroxyl groups is 1. The van der Waals surface area contributed by atoms with E-state index in [1.165, 1.54) is 37.1 Å². The van der Waals surface area contributed by atoms with Gasteiger partial charge in [-0.15, -0.1) is 0 Å². The molecule has 0 radical (unpaired) electrons. The largest absolute Gasteiger partial charge is 0.497 e. The molecule has 5 nitrogen and oxygen atoms in total. The standard InChI is InChI=1S/C25H36N2O3/c1-26(18-22-7-11-25(12-8-22)30-17-16-28)19-23-4-3-14-27(20-23)15-13-21-5-9-24(29-2)10-6-21/h5-12,23,28H,3-4,13-20H2,1-2H3/t23-/m0/s1. The smallest absolute Gasteiger partial charge is 0.119 e. The number of piperidine rings is 1. The highest BCUT2D eigenvalue weighted by Crippen LogP contribution is 2.20. The number of rotatable bonds is 11. The lowest BCUT2D eigenvalue weighted by atomic mass is 9.97. The van der Waals surface area contributed by atoms with Gasteiger partial charge in [-0.3, -0.25) is 0 Å². The molecule has 0 aromatic heterocycles. The molecular weight excluding hydrogens is 376 g/mol. The van der Waals surface area contributed by atoms with E-state index in [0.717, 1.165) is 43.5 Å². The average molecular weight is 413 g/mol. The van der Waals surface area contributed by atoms with E-state index in [-0.39, 0.29) is 6.61 Å². The highest BCUT2D eigenvalue weighted by molar-refractivity contribution is 5.28. The number of benzene rings is 2. The Morgan fingerprint density at radius 1 is 1.03 bits per heavy atom. The Balaban J connectivity index is 1.41. The summed E-state index contributed by atoms with van der Waals surface area (Å²) in [7, 11) is 3.93. The SMILES string of the molecule is COc1ccc(CCN2CCC[C@@H](CN(C)Cc3ccc(OCCO)cc3)C2)cc1. The predicted octanol–water partition coefficient (Wildman–Crippen LogP) is 3.45. The van der Waals surface area contributed by atoms with Crippen molar-refractivity contribution in [2.24, 2.45) is 5.92 Å². The van der Waals surface area contributed by atoms with E-state index >= 15 is 0 Å². The van der Waals surface area contributed by atoms with E-state index in [0.29, 0.717) is 6.61 Å². The summed E-state index contributed by atoms with van der Waals surface area (Å²) in [5.41, 5.74) is 2.67. The van der Waals surface area contributed by atoms with Gasteiger partial charge in [0.2, 0.25) is 0 Å². The van der Waals surface area contributed by atoms with Crippen molar-refractivity contribution in [3.05, 3.63) is 59.7 Å². The van der Waals surface area contributed by atoms with Crippen LogP contribution in [0.25, 0.3) is 0 Å². The van der Waals surface area contributed by atoms with Gasteiger partial charge in [0.15, 0.2) is 0 Å². The molecule has 1 atom stereocenters. The normalized spacial score (nSPS) is 17.3. The van der Waals surface area contributed by atoms with Gasteiger partial charge in [-0.2, -0.15) is 0 Å². The van der Waals surface area contributed by atoms with Crippen molar-refractivity contribution in [3.63, 3.8) is 0 Å². The molecule has 1 heterocycles. The Morgan fingerprint density at radius 2 is 1.73 bits per heavy atom. The van der Waals surface area contributed by atoms with Gasteiger partial charge in [-0.1, -0.05) is 24.3 Å². The molecule has 1 aliphatic heterocycles. The molecule has 1 fully saturated rings. The number of hydrogen-bond acceptors (Lipinski definition) is 5. The number of likely N-dealkylation sites (tertiary alicyclic amines) is 1. The second-order valence-corrected chi connectivity index (χ2v) is 8.32. The Hall–Kier alpha value is -2.08. The van der Waals surface area contributed by atoms with Crippen LogP contribution in [-0.2, 0) is 13.0 Å². The van der Waals surface area contributed by atoms with Crippen LogP contribution in [0.1, 0.15) is 24.0 Å². The first kappa shape index (κ1) is 22.6. The van der Waals surface area contributed by atoms with Crippen molar-refractivity contribution in [1.29, 1.82) is 0 Å². The van der Waals surface area contributed by atoms with Crippen LogP contribution >= 0.6 is 0 Å². The lowest BCUT2D eigenvalue weighted by Gasteiger charge is -2.34. The summed E-state index contributed by atoms with van der Waals surface area (Å²) in [4.78, 5) is 5.06. The van der Waals surface area contributed by atoms with Crippen LogP contribution in [0.15, 0.2) is 48.5 Å². The first-order valence-corrected chi connectivity index (χ1v) is 11.0. The van der Waals surface area contributed by atoms with E-state index in [9.17, 15) is 0 Å². The fourth-order valence-electron chi connectivity index (χ4n) is 4.25. The maximum absolute atomic E-state index is 8.85. The molecule has 1 saturated heterocycles. The third kappa shape index (κ3) is 7.31. The van der Waals surface area contributed by atoms with Crippen LogP contribution in [0.2, 0.25) is 0 Å². The van der Waals surface area contributed by atoms with E-state index < -0.39 is 0 Å². The quantitative estimate of drug-likeness (QED) is 0.612. The van der Waals surface area contributed by atoms with Crippen molar-refractivity contribution in [2.75, 3.05) is 53.6 Å². The van der Waals surface area contributed by atoms with Crippen molar-refractivity contribution in [2.45, 2.75) is 25.8 Å². The highest BCUT2D eigenvalue weighted by atomic mass is 16.5. The zero-order chi connectivity index (χ0) is 21.2. The molecule has 0 bridgehead atoms. The Morgan fingerprint density at radius 3 is 2.43 bits per heavy atom. The Kier molecular flexibility index (Phi) is 9.00. The summed E-state index contributed by atoms with van der Waals surface area (Å²) in [5.74, 6) is 2.47. The summed E-state index contributed by atoms with van der Waals surface area (Å²) in [6, 6.07) is 16.7. The molecule has 0 spiro atoms. The lowest BCUT2D eigenvalue weighted by Crippen LogP contribution is -2.40. The van der Waals surface area contributed by atoms with Gasteiger partial charge >= 0.3 is 0 Å². The van der Waals surface area contributed by atoms with Gasteiger partial charge in [0.05, 0.1) is 13.7 Å². The monoisotopic (exact) mass is 412 g/mol. The molecule has 30 heavy (non-hydrogen) atoms. The van der Waals surface area contributed by atoms with Gasteiger partial charge in [0.25, 0.3) is 0 Å². The first-order valence-electron chi connectivity index (χ1n) is 11.0. The highest BCUT2D eigenvalue weighted by Gasteiger charge is 2.21. The minimum Gasteiger partial charge on any atom is -0.497 e. The van der Waals surface area contributed by atoms with Gasteiger partial charge in [-0.25, -0.2) is 0 Å². The second kappa shape index (κ2) is 11.9. The third-order valence-corrected chi connectivity index (χ3v) is 5.78. The number of ether oxygens (including phenoxy) is 2. The molecule has 2 aromatic rings. The van der Waals surface area contributed by atoms with Gasteiger partial charge in [-0.05, 0) is 74.2 Å². The van der Waals surface area contributed by atoms with Gasteiger partial charge in [0, 0.05) is 26.2 Å². The zero-order valence-electron chi connectivity index (χ0n) is 18.4. The number of nitrogens with zero attached hydrogens (tertiary/aromatic N) is 2. The molecular formula is C25H36N2O3. The van der Waals surface area contributed by atoms with E-state index in [4.69, 9.17) is 14.6 Å². The maximum atomic E-state index is 8.85. The van der Waals surface area contributed by atoms with Crippen LogP contribution in [0, 0.1) is 5.92 Å². The summed E-state index contributed by atoms with van der Waals surface area (Å²) < 4.78 is 10.7. The minimum absolute atomic E-state index is 0.0446. The van der Waals surface area contributed by atoms with Crippen LogP contribution in [-0.4, -0.2) is 68.5 Å². The second-order valence-electron chi connectivity index (χ2n) is 8.32. The van der Waals surface area contributed by atoms with Crippen molar-refractivity contribution in [3.8, 4) is 11.5 Å². The number of aliphatic hydroxyl groups excluding tert-OH is 1. The average Bonchev–Trinajstić information content (AvgIpc) is 2.78. The van der Waals surface area contributed by atoms with Gasteiger partial charge in [0.1, 0.15) is 18.1 Å². The topological polar surface area (TPSA) is 45.2 Å². The molecule has 3 rings (SSSR count). The molecule has 0 aliphatic carbocycles. The zero-order valence-corrected chi connectivity index (χ0v) is 18.4. The molecule has 2 aromatic carbocycles. The molecule has 1 N–H and O–H groups in total. The Labute approximate surface area is 181 Å². The van der Waals surface area contributed by atoms with Crippen LogP contribution in [0.5, 0.6) is 11.5 Å². The first-order chi connectivity index (χ1) is 14.7. The van der Waals surface area contributed by atoms with Crippen LogP contribution in [0.3, 0.4) is 0 Å². The predicted molar refractivity (Wildman–Crippen MR) is 121 cm³/mol. The van der Waals surface area contributed by atoms with Crippen LogP contribution < -0.4 is 9.47 Å². The third-order valence-electron chi connectivity index (χ3n) is 5.78. The number of methoxy groups -OCH3 is 1. The summed E-state index contributed by atoms with van der Waals surface area (Å²) in [6.07, 6.45) is 3.70. The van der Waals surface area contributed by atoms with Gasteiger partial charge < -0.3 is 24.4 Å². The fraction of sp³-hybridized carbons (Fsp3) is 0.520. The molecule has 5 heteroatoms. The van der Waals surface area contributed by atoms with E-state index in [1.54, 1.807) is 7.11 Å². The van der Waals surface area contributed by atoms with Crippen molar-refractivity contribution >= 4 is 0 Å².